The zero-order chi connectivity index (χ0) is 17.6. The van der Waals surface area contributed by atoms with Crippen molar-refractivity contribution in [2.45, 2.75) is 46.0 Å². The highest BCUT2D eigenvalue weighted by Gasteiger charge is 2.16. The first-order valence-corrected chi connectivity index (χ1v) is 9.34. The number of aromatic nitrogens is 2. The molecule has 0 bridgehead atoms. The molecule has 0 radical (unpaired) electrons. The Morgan fingerprint density at radius 1 is 1.28 bits per heavy atom. The first kappa shape index (κ1) is 17.7. The van der Waals surface area contributed by atoms with Gasteiger partial charge < -0.3 is 10.2 Å². The highest BCUT2D eigenvalue weighted by molar-refractivity contribution is 5.91. The molecule has 5 nitrogen and oxygen atoms in total. The topological polar surface area (TPSA) is 61.0 Å². The van der Waals surface area contributed by atoms with Crippen molar-refractivity contribution in [3.8, 4) is 11.3 Å². The van der Waals surface area contributed by atoms with E-state index in [9.17, 15) is 4.79 Å². The summed E-state index contributed by atoms with van der Waals surface area (Å²) in [5, 5.41) is 10.4. The van der Waals surface area contributed by atoms with Gasteiger partial charge in [-0.2, -0.15) is 5.10 Å². The summed E-state index contributed by atoms with van der Waals surface area (Å²) >= 11 is 0. The molecule has 0 aliphatic carbocycles. The fourth-order valence-electron chi connectivity index (χ4n) is 3.52. The summed E-state index contributed by atoms with van der Waals surface area (Å²) in [5.41, 5.74) is 4.42. The number of rotatable bonds is 7. The summed E-state index contributed by atoms with van der Waals surface area (Å²) in [6, 6.07) is 8.32. The number of anilines is 1. The molecule has 5 heteroatoms. The molecule has 1 aromatic carbocycles. The molecule has 1 amide bonds. The van der Waals surface area contributed by atoms with E-state index in [4.69, 9.17) is 0 Å². The lowest BCUT2D eigenvalue weighted by atomic mass is 10.0. The van der Waals surface area contributed by atoms with Crippen LogP contribution in [-0.2, 0) is 11.2 Å². The van der Waals surface area contributed by atoms with E-state index < -0.39 is 0 Å². The van der Waals surface area contributed by atoms with Crippen LogP contribution in [0, 0.1) is 6.92 Å². The number of H-pyrrole nitrogens is 1. The summed E-state index contributed by atoms with van der Waals surface area (Å²) in [4.78, 5) is 14.7. The fourth-order valence-corrected chi connectivity index (χ4v) is 3.52. The van der Waals surface area contributed by atoms with E-state index in [0.717, 1.165) is 36.2 Å². The lowest BCUT2D eigenvalue weighted by molar-refractivity contribution is -0.116. The third-order valence-electron chi connectivity index (χ3n) is 5.01. The Hall–Kier alpha value is -2.14. The Kier molecular flexibility index (Phi) is 5.87. The van der Waals surface area contributed by atoms with E-state index >= 15 is 0 Å². The number of amides is 1. The number of likely N-dealkylation sites (tertiary alicyclic amines) is 1. The van der Waals surface area contributed by atoms with Crippen molar-refractivity contribution in [3.05, 3.63) is 35.4 Å². The van der Waals surface area contributed by atoms with Crippen LogP contribution in [0.15, 0.2) is 24.3 Å². The minimum absolute atomic E-state index is 0.0455. The third kappa shape index (κ3) is 4.28. The molecule has 134 valence electrons. The Morgan fingerprint density at radius 3 is 2.80 bits per heavy atom. The molecule has 0 spiro atoms. The predicted molar refractivity (Wildman–Crippen MR) is 102 cm³/mol. The number of nitrogens with zero attached hydrogens (tertiary/aromatic N) is 2. The first-order valence-electron chi connectivity index (χ1n) is 9.34. The van der Waals surface area contributed by atoms with Crippen molar-refractivity contribution < 1.29 is 4.79 Å². The SMILES string of the molecule is CCc1ccccc1-c1[nH]nc(NC(=O)CCCN2CCCC2)c1C. The van der Waals surface area contributed by atoms with Gasteiger partial charge in [-0.15, -0.1) is 0 Å². The van der Waals surface area contributed by atoms with E-state index in [1.807, 2.05) is 13.0 Å². The van der Waals surface area contributed by atoms with Gasteiger partial charge in [0.2, 0.25) is 5.91 Å². The van der Waals surface area contributed by atoms with Crippen LogP contribution in [0.2, 0.25) is 0 Å². The number of benzene rings is 1. The van der Waals surface area contributed by atoms with Crippen LogP contribution in [-0.4, -0.2) is 40.6 Å². The average Bonchev–Trinajstić information content (AvgIpc) is 3.26. The largest absolute Gasteiger partial charge is 0.309 e. The highest BCUT2D eigenvalue weighted by atomic mass is 16.1. The monoisotopic (exact) mass is 340 g/mol. The van der Waals surface area contributed by atoms with Gasteiger partial charge in [0.1, 0.15) is 0 Å². The van der Waals surface area contributed by atoms with Gasteiger partial charge in [0.05, 0.1) is 5.69 Å². The predicted octanol–water partition coefficient (Wildman–Crippen LogP) is 3.76. The van der Waals surface area contributed by atoms with Crippen LogP contribution in [0.25, 0.3) is 11.3 Å². The zero-order valence-corrected chi connectivity index (χ0v) is 15.3. The summed E-state index contributed by atoms with van der Waals surface area (Å²) in [7, 11) is 0. The van der Waals surface area contributed by atoms with Crippen LogP contribution < -0.4 is 5.32 Å². The number of carbonyl (C=O) groups excluding carboxylic acids is 1. The van der Waals surface area contributed by atoms with Crippen molar-refractivity contribution >= 4 is 11.7 Å². The van der Waals surface area contributed by atoms with E-state index in [2.05, 4.69) is 45.5 Å². The summed E-state index contributed by atoms with van der Waals surface area (Å²) < 4.78 is 0. The minimum Gasteiger partial charge on any atom is -0.309 e. The molecular formula is C20H28N4O. The second kappa shape index (κ2) is 8.30. The molecule has 0 saturated carbocycles. The normalized spacial score (nSPS) is 14.8. The molecule has 2 heterocycles. The summed E-state index contributed by atoms with van der Waals surface area (Å²) in [5.74, 6) is 0.691. The van der Waals surface area contributed by atoms with E-state index in [1.54, 1.807) is 0 Å². The van der Waals surface area contributed by atoms with Gasteiger partial charge in [-0.1, -0.05) is 31.2 Å². The average molecular weight is 340 g/mol. The van der Waals surface area contributed by atoms with Gasteiger partial charge in [-0.3, -0.25) is 9.89 Å². The van der Waals surface area contributed by atoms with Gasteiger partial charge in [0, 0.05) is 17.5 Å². The van der Waals surface area contributed by atoms with Crippen molar-refractivity contribution in [2.24, 2.45) is 0 Å². The van der Waals surface area contributed by atoms with E-state index in [1.165, 1.54) is 31.5 Å². The Morgan fingerprint density at radius 2 is 2.04 bits per heavy atom. The van der Waals surface area contributed by atoms with Gasteiger partial charge in [0.15, 0.2) is 5.82 Å². The number of nitrogens with one attached hydrogen (secondary N) is 2. The number of hydrogen-bond acceptors (Lipinski definition) is 3. The van der Waals surface area contributed by atoms with Crippen LogP contribution in [0.3, 0.4) is 0 Å². The highest BCUT2D eigenvalue weighted by Crippen LogP contribution is 2.29. The Balaban J connectivity index is 1.60. The third-order valence-corrected chi connectivity index (χ3v) is 5.01. The summed E-state index contributed by atoms with van der Waals surface area (Å²) in [6.07, 6.45) is 5.00. The number of hydrogen-bond donors (Lipinski definition) is 2. The maximum Gasteiger partial charge on any atom is 0.225 e. The molecule has 25 heavy (non-hydrogen) atoms. The maximum absolute atomic E-state index is 12.2. The van der Waals surface area contributed by atoms with Crippen LogP contribution in [0.4, 0.5) is 5.82 Å². The molecule has 0 unspecified atom stereocenters. The molecular weight excluding hydrogens is 312 g/mol. The lowest BCUT2D eigenvalue weighted by Crippen LogP contribution is -2.22. The quantitative estimate of drug-likeness (QED) is 0.807. The van der Waals surface area contributed by atoms with Gasteiger partial charge in [0.25, 0.3) is 0 Å². The first-order chi connectivity index (χ1) is 12.2. The molecule has 1 aliphatic heterocycles. The standard InChI is InChI=1S/C20H28N4O/c1-3-16-9-4-5-10-17(16)19-15(2)20(23-22-19)21-18(25)11-8-14-24-12-6-7-13-24/h4-5,9-10H,3,6-8,11-14H2,1-2H3,(H2,21,22,23,25). The molecule has 2 aromatic rings. The van der Waals surface area contributed by atoms with Crippen LogP contribution in [0.1, 0.15) is 43.7 Å². The Bertz CT molecular complexity index is 716. The molecule has 1 aromatic heterocycles. The van der Waals surface area contributed by atoms with Crippen LogP contribution >= 0.6 is 0 Å². The molecule has 1 saturated heterocycles. The summed E-state index contributed by atoms with van der Waals surface area (Å²) in [6.45, 7) is 7.53. The van der Waals surface area contributed by atoms with Gasteiger partial charge in [-0.05, 0) is 57.8 Å². The number of aryl methyl sites for hydroxylation is 1. The number of aromatic amines is 1. The molecule has 0 atom stereocenters. The number of carbonyl (C=O) groups is 1. The smallest absolute Gasteiger partial charge is 0.225 e. The molecule has 1 fully saturated rings. The molecule has 2 N–H and O–H groups in total. The minimum atomic E-state index is 0.0455. The van der Waals surface area contributed by atoms with Gasteiger partial charge >= 0.3 is 0 Å². The zero-order valence-electron chi connectivity index (χ0n) is 15.3. The second-order valence-electron chi connectivity index (χ2n) is 6.78. The van der Waals surface area contributed by atoms with Crippen molar-refractivity contribution in [1.82, 2.24) is 15.1 Å². The van der Waals surface area contributed by atoms with Crippen molar-refractivity contribution in [3.63, 3.8) is 0 Å². The lowest BCUT2D eigenvalue weighted by Gasteiger charge is -2.13. The maximum atomic E-state index is 12.2. The van der Waals surface area contributed by atoms with Crippen molar-refractivity contribution in [1.29, 1.82) is 0 Å². The van der Waals surface area contributed by atoms with Crippen molar-refractivity contribution in [2.75, 3.05) is 25.0 Å². The van der Waals surface area contributed by atoms with E-state index in [-0.39, 0.29) is 5.91 Å². The fraction of sp³-hybridized carbons (Fsp3) is 0.500. The van der Waals surface area contributed by atoms with Crippen LogP contribution in [0.5, 0.6) is 0 Å². The van der Waals surface area contributed by atoms with Gasteiger partial charge in [-0.25, -0.2) is 0 Å². The molecule has 1 aliphatic rings. The Labute approximate surface area is 149 Å². The van der Waals surface area contributed by atoms with E-state index in [0.29, 0.717) is 12.2 Å². The second-order valence-corrected chi connectivity index (χ2v) is 6.78. The molecule has 3 rings (SSSR count).